The molecule has 0 atom stereocenters. The van der Waals surface area contributed by atoms with Gasteiger partial charge in [-0.05, 0) is 29.8 Å². The molecule has 3 aromatic rings. The molecule has 0 amide bonds. The van der Waals surface area contributed by atoms with Crippen molar-refractivity contribution in [3.05, 3.63) is 60.3 Å². The predicted molar refractivity (Wildman–Crippen MR) is 84.7 cm³/mol. The Balaban J connectivity index is 1.73. The number of hydrogen-bond donors (Lipinski definition) is 2. The first-order chi connectivity index (χ1) is 10.5. The molecule has 3 N–H and O–H groups in total. The minimum absolute atomic E-state index is 0.0988. The minimum Gasteiger partial charge on any atom is -0.365 e. The zero-order valence-electron chi connectivity index (χ0n) is 11.6. The van der Waals surface area contributed by atoms with E-state index in [1.54, 1.807) is 18.3 Å². The largest absolute Gasteiger partial charge is 0.365 e. The van der Waals surface area contributed by atoms with E-state index in [1.807, 2.05) is 24.3 Å². The maximum Gasteiger partial charge on any atom is 0.238 e. The predicted octanol–water partition coefficient (Wildman–Crippen LogP) is 1.89. The second kappa shape index (κ2) is 5.70. The summed E-state index contributed by atoms with van der Waals surface area (Å²) in [5.74, 6) is 0.661. The van der Waals surface area contributed by atoms with E-state index in [0.29, 0.717) is 12.4 Å². The quantitative estimate of drug-likeness (QED) is 0.766. The molecular weight excluding hydrogens is 300 g/mol. The fourth-order valence-electron chi connectivity index (χ4n) is 2.03. The van der Waals surface area contributed by atoms with Crippen molar-refractivity contribution in [2.75, 3.05) is 5.32 Å². The molecule has 0 aliphatic heterocycles. The number of rotatable bonds is 4. The topological polar surface area (TPSA) is 98.0 Å². The van der Waals surface area contributed by atoms with E-state index in [2.05, 4.69) is 15.3 Å². The van der Waals surface area contributed by atoms with Gasteiger partial charge >= 0.3 is 0 Å². The van der Waals surface area contributed by atoms with Crippen molar-refractivity contribution in [2.24, 2.45) is 5.14 Å². The summed E-state index contributed by atoms with van der Waals surface area (Å²) in [5.41, 5.74) is 2.57. The molecule has 0 radical (unpaired) electrons. The zero-order chi connectivity index (χ0) is 15.6. The number of hydrogen-bond acceptors (Lipinski definition) is 5. The van der Waals surface area contributed by atoms with E-state index in [9.17, 15) is 8.42 Å². The van der Waals surface area contributed by atoms with Crippen molar-refractivity contribution in [1.29, 1.82) is 0 Å². The third kappa shape index (κ3) is 3.21. The number of sulfonamides is 1. The normalized spacial score (nSPS) is 11.5. The number of nitrogens with zero attached hydrogens (tertiary/aromatic N) is 2. The number of para-hydroxylation sites is 2. The Kier molecular flexibility index (Phi) is 3.74. The van der Waals surface area contributed by atoms with Crippen LogP contribution < -0.4 is 10.5 Å². The van der Waals surface area contributed by atoms with Gasteiger partial charge in [-0.25, -0.2) is 18.5 Å². The molecule has 0 unspecified atom stereocenters. The number of benzene rings is 2. The first kappa shape index (κ1) is 14.4. The Morgan fingerprint density at radius 2 is 1.68 bits per heavy atom. The smallest absolute Gasteiger partial charge is 0.238 e. The van der Waals surface area contributed by atoms with Crippen LogP contribution in [0.2, 0.25) is 0 Å². The highest BCUT2D eigenvalue weighted by molar-refractivity contribution is 7.89. The van der Waals surface area contributed by atoms with Gasteiger partial charge in [-0.2, -0.15) is 0 Å². The molecule has 7 heteroatoms. The summed E-state index contributed by atoms with van der Waals surface area (Å²) in [4.78, 5) is 8.88. The van der Waals surface area contributed by atoms with Gasteiger partial charge in [0.05, 0.1) is 22.1 Å². The lowest BCUT2D eigenvalue weighted by atomic mass is 10.2. The number of nitrogens with one attached hydrogen (secondary N) is 1. The van der Waals surface area contributed by atoms with Crippen LogP contribution >= 0.6 is 0 Å². The standard InChI is InChI=1S/C15H14N4O2S/c16-22(20,21)12-7-5-11(6-8-12)9-18-15-10-17-13-3-1-2-4-14(13)19-15/h1-8,10H,9H2,(H,18,19)(H2,16,20,21). The van der Waals surface area contributed by atoms with Crippen molar-refractivity contribution >= 4 is 26.9 Å². The summed E-state index contributed by atoms with van der Waals surface area (Å²) < 4.78 is 22.4. The Bertz CT molecular complexity index is 908. The van der Waals surface area contributed by atoms with Gasteiger partial charge in [0.25, 0.3) is 0 Å². The maximum atomic E-state index is 11.2. The van der Waals surface area contributed by atoms with Crippen LogP contribution in [-0.2, 0) is 16.6 Å². The summed E-state index contributed by atoms with van der Waals surface area (Å²) in [6.45, 7) is 0.512. The van der Waals surface area contributed by atoms with Crippen molar-refractivity contribution < 1.29 is 8.42 Å². The Labute approximate surface area is 128 Å². The molecule has 0 aliphatic carbocycles. The monoisotopic (exact) mass is 314 g/mol. The molecule has 0 spiro atoms. The second-order valence-electron chi connectivity index (χ2n) is 4.79. The van der Waals surface area contributed by atoms with Gasteiger partial charge in [-0.15, -0.1) is 0 Å². The average Bonchev–Trinajstić information content (AvgIpc) is 2.52. The second-order valence-corrected chi connectivity index (χ2v) is 6.35. The van der Waals surface area contributed by atoms with E-state index in [4.69, 9.17) is 5.14 Å². The lowest BCUT2D eigenvalue weighted by Crippen LogP contribution is -2.12. The lowest BCUT2D eigenvalue weighted by molar-refractivity contribution is 0.598. The average molecular weight is 314 g/mol. The molecule has 1 aromatic heterocycles. The summed E-state index contributed by atoms with van der Waals surface area (Å²) in [6.07, 6.45) is 1.67. The van der Waals surface area contributed by atoms with Crippen molar-refractivity contribution in [1.82, 2.24) is 9.97 Å². The zero-order valence-corrected chi connectivity index (χ0v) is 12.4. The molecule has 112 valence electrons. The summed E-state index contributed by atoms with van der Waals surface area (Å²) >= 11 is 0. The van der Waals surface area contributed by atoms with Crippen LogP contribution in [0, 0.1) is 0 Å². The third-order valence-corrected chi connectivity index (χ3v) is 4.10. The molecule has 0 saturated carbocycles. The Morgan fingerprint density at radius 1 is 1.00 bits per heavy atom. The van der Waals surface area contributed by atoms with Crippen LogP contribution in [0.4, 0.5) is 5.82 Å². The fourth-order valence-corrected chi connectivity index (χ4v) is 2.55. The molecule has 3 rings (SSSR count). The van der Waals surface area contributed by atoms with Crippen molar-refractivity contribution in [3.8, 4) is 0 Å². The molecule has 0 fully saturated rings. The van der Waals surface area contributed by atoms with Crippen LogP contribution in [0.3, 0.4) is 0 Å². The van der Waals surface area contributed by atoms with Crippen LogP contribution in [-0.4, -0.2) is 18.4 Å². The Morgan fingerprint density at radius 3 is 2.36 bits per heavy atom. The van der Waals surface area contributed by atoms with E-state index >= 15 is 0 Å². The molecule has 1 heterocycles. The summed E-state index contributed by atoms with van der Waals surface area (Å²) in [7, 11) is -3.65. The van der Waals surface area contributed by atoms with E-state index < -0.39 is 10.0 Å². The molecule has 0 bridgehead atoms. The summed E-state index contributed by atoms with van der Waals surface area (Å²) in [5, 5.41) is 8.22. The first-order valence-electron chi connectivity index (χ1n) is 6.60. The highest BCUT2D eigenvalue weighted by atomic mass is 32.2. The van der Waals surface area contributed by atoms with Crippen LogP contribution in [0.1, 0.15) is 5.56 Å². The molecule has 0 aliphatic rings. The maximum absolute atomic E-state index is 11.2. The number of fused-ring (bicyclic) bond motifs is 1. The van der Waals surface area contributed by atoms with Crippen LogP contribution in [0.5, 0.6) is 0 Å². The van der Waals surface area contributed by atoms with Gasteiger partial charge in [0.2, 0.25) is 10.0 Å². The van der Waals surface area contributed by atoms with E-state index in [1.165, 1.54) is 12.1 Å². The number of primary sulfonamides is 1. The van der Waals surface area contributed by atoms with Gasteiger partial charge in [-0.3, -0.25) is 4.98 Å². The fraction of sp³-hybridized carbons (Fsp3) is 0.0667. The summed E-state index contributed by atoms with van der Waals surface area (Å²) in [6, 6.07) is 14.0. The van der Waals surface area contributed by atoms with Crippen LogP contribution in [0.25, 0.3) is 11.0 Å². The van der Waals surface area contributed by atoms with Gasteiger partial charge in [0, 0.05) is 6.54 Å². The number of anilines is 1. The van der Waals surface area contributed by atoms with Gasteiger partial charge < -0.3 is 5.32 Å². The molecule has 22 heavy (non-hydrogen) atoms. The van der Waals surface area contributed by atoms with Crippen molar-refractivity contribution in [2.45, 2.75) is 11.4 Å². The molecule has 6 nitrogen and oxygen atoms in total. The first-order valence-corrected chi connectivity index (χ1v) is 8.14. The lowest BCUT2D eigenvalue weighted by Gasteiger charge is -2.07. The number of aromatic nitrogens is 2. The van der Waals surface area contributed by atoms with Crippen LogP contribution in [0.15, 0.2) is 59.6 Å². The van der Waals surface area contributed by atoms with Gasteiger partial charge in [0.1, 0.15) is 5.82 Å². The van der Waals surface area contributed by atoms with Gasteiger partial charge in [-0.1, -0.05) is 24.3 Å². The van der Waals surface area contributed by atoms with E-state index in [-0.39, 0.29) is 4.90 Å². The van der Waals surface area contributed by atoms with Crippen molar-refractivity contribution in [3.63, 3.8) is 0 Å². The van der Waals surface area contributed by atoms with Gasteiger partial charge in [0.15, 0.2) is 0 Å². The minimum atomic E-state index is -3.65. The SMILES string of the molecule is NS(=O)(=O)c1ccc(CNc2cnc3ccccc3n2)cc1. The third-order valence-electron chi connectivity index (χ3n) is 3.17. The molecule has 2 aromatic carbocycles. The molecular formula is C15H14N4O2S. The highest BCUT2D eigenvalue weighted by Gasteiger charge is 2.06. The highest BCUT2D eigenvalue weighted by Crippen LogP contribution is 2.13. The number of nitrogens with two attached hydrogens (primary N) is 1. The Hall–Kier alpha value is -2.51. The van der Waals surface area contributed by atoms with E-state index in [0.717, 1.165) is 16.6 Å². The molecule has 0 saturated heterocycles.